The van der Waals surface area contributed by atoms with Gasteiger partial charge in [0.2, 0.25) is 5.95 Å². The maximum Gasteiger partial charge on any atom is 0.250 e. The number of benzene rings is 2. The number of carbonyl (C=O) groups is 1. The zero-order chi connectivity index (χ0) is 19.1. The van der Waals surface area contributed by atoms with Gasteiger partial charge in [0.1, 0.15) is 11.8 Å². The Bertz CT molecular complexity index is 997. The maximum atomic E-state index is 12.3. The van der Waals surface area contributed by atoms with Gasteiger partial charge in [-0.25, -0.2) is 4.98 Å². The predicted octanol–water partition coefficient (Wildman–Crippen LogP) is 4.00. The Kier molecular flexibility index (Phi) is 5.85. The molecule has 0 bridgehead atoms. The molecule has 1 aromatic heterocycles. The molecule has 3 rings (SSSR count). The number of para-hydroxylation sites is 2. The molecule has 1 heterocycles. The van der Waals surface area contributed by atoms with E-state index in [4.69, 9.17) is 10.00 Å². The minimum Gasteiger partial charge on any atom is -0.479 e. The normalized spacial score (nSPS) is 10.8. The second kappa shape index (κ2) is 8.68. The topological polar surface area (TPSA) is 79.9 Å². The first-order chi connectivity index (χ1) is 13.2. The van der Waals surface area contributed by atoms with Gasteiger partial charge in [-0.3, -0.25) is 10.1 Å². The smallest absolute Gasteiger partial charge is 0.250 e. The molecule has 136 valence electrons. The first kappa shape index (κ1) is 18.2. The lowest BCUT2D eigenvalue weighted by Crippen LogP contribution is -2.13. The molecule has 0 saturated carbocycles. The number of nitrogens with zero attached hydrogens (tertiary/aromatic N) is 3. The summed E-state index contributed by atoms with van der Waals surface area (Å²) in [5.74, 6) is 0.923. The molecule has 6 nitrogen and oxygen atoms in total. The van der Waals surface area contributed by atoms with Crippen LogP contribution in [0.3, 0.4) is 0 Å². The quantitative estimate of drug-likeness (QED) is 0.646. The summed E-state index contributed by atoms with van der Waals surface area (Å²) in [6.45, 7) is 2.88. The Morgan fingerprint density at radius 2 is 2.04 bits per heavy atom. The van der Waals surface area contributed by atoms with Gasteiger partial charge in [-0.15, -0.1) is 0 Å². The van der Waals surface area contributed by atoms with Gasteiger partial charge in [-0.05, 0) is 42.3 Å². The van der Waals surface area contributed by atoms with Crippen LogP contribution in [0.5, 0.6) is 5.75 Å². The fourth-order valence-electron chi connectivity index (χ4n) is 2.74. The van der Waals surface area contributed by atoms with E-state index in [1.54, 1.807) is 18.2 Å². The van der Waals surface area contributed by atoms with Gasteiger partial charge in [0.15, 0.2) is 6.61 Å². The summed E-state index contributed by atoms with van der Waals surface area (Å²) < 4.78 is 7.22. The van der Waals surface area contributed by atoms with Gasteiger partial charge in [0.05, 0.1) is 11.0 Å². The highest BCUT2D eigenvalue weighted by atomic mass is 16.5. The Hall–Kier alpha value is -3.59. The number of anilines is 1. The number of carbonyl (C=O) groups excluding carboxylic acids is 1. The predicted molar refractivity (Wildman–Crippen MR) is 105 cm³/mol. The lowest BCUT2D eigenvalue weighted by atomic mass is 10.2. The van der Waals surface area contributed by atoms with Crippen LogP contribution in [0, 0.1) is 11.3 Å². The number of fused-ring (bicyclic) bond motifs is 1. The van der Waals surface area contributed by atoms with Gasteiger partial charge in [0.25, 0.3) is 5.91 Å². The molecule has 0 saturated heterocycles. The van der Waals surface area contributed by atoms with Crippen LogP contribution in [0.4, 0.5) is 5.95 Å². The van der Waals surface area contributed by atoms with E-state index < -0.39 is 0 Å². The lowest BCUT2D eigenvalue weighted by molar-refractivity contribution is -0.111. The Morgan fingerprint density at radius 1 is 1.26 bits per heavy atom. The summed E-state index contributed by atoms with van der Waals surface area (Å²) in [5, 5.41) is 11.4. The van der Waals surface area contributed by atoms with Crippen molar-refractivity contribution in [1.29, 1.82) is 5.26 Å². The number of hydrogen-bond acceptors (Lipinski definition) is 4. The minimum atomic E-state index is -0.243. The van der Waals surface area contributed by atoms with E-state index >= 15 is 0 Å². The molecular formula is C21H20N4O2. The molecule has 0 atom stereocenters. The first-order valence-corrected chi connectivity index (χ1v) is 8.75. The molecule has 2 aromatic carbocycles. The van der Waals surface area contributed by atoms with Crippen molar-refractivity contribution in [2.45, 2.75) is 19.9 Å². The summed E-state index contributed by atoms with van der Waals surface area (Å²) in [5.41, 5.74) is 2.72. The molecule has 0 unspecified atom stereocenters. The van der Waals surface area contributed by atoms with E-state index in [1.165, 1.54) is 6.08 Å². The minimum absolute atomic E-state index is 0.0103. The van der Waals surface area contributed by atoms with Crippen molar-refractivity contribution < 1.29 is 9.53 Å². The van der Waals surface area contributed by atoms with Gasteiger partial charge in [-0.1, -0.05) is 31.2 Å². The van der Waals surface area contributed by atoms with Crippen molar-refractivity contribution in [2.75, 3.05) is 11.9 Å². The van der Waals surface area contributed by atoms with Crippen molar-refractivity contribution in [2.24, 2.45) is 0 Å². The molecule has 0 aliphatic heterocycles. The Balaban J connectivity index is 1.70. The van der Waals surface area contributed by atoms with E-state index in [1.807, 2.05) is 47.0 Å². The highest BCUT2D eigenvalue weighted by Gasteiger charge is 2.11. The Labute approximate surface area is 157 Å². The molecule has 27 heavy (non-hydrogen) atoms. The number of aromatic nitrogens is 2. The number of ether oxygens (including phenoxy) is 1. The average Bonchev–Trinajstić information content (AvgIpc) is 3.03. The van der Waals surface area contributed by atoms with Crippen molar-refractivity contribution in [3.8, 4) is 11.8 Å². The number of nitrogens with one attached hydrogen (secondary N) is 1. The van der Waals surface area contributed by atoms with E-state index in [9.17, 15) is 4.79 Å². The number of amides is 1. The maximum absolute atomic E-state index is 12.3. The van der Waals surface area contributed by atoms with Gasteiger partial charge in [-0.2, -0.15) is 5.26 Å². The zero-order valence-electron chi connectivity index (χ0n) is 15.1. The van der Waals surface area contributed by atoms with Crippen LogP contribution in [0.15, 0.2) is 54.6 Å². The third kappa shape index (κ3) is 4.53. The fraction of sp³-hybridized carbons (Fsp3) is 0.190. The molecule has 1 amide bonds. The van der Waals surface area contributed by atoms with Crippen LogP contribution < -0.4 is 10.1 Å². The fourth-order valence-corrected chi connectivity index (χ4v) is 2.74. The second-order valence-electron chi connectivity index (χ2n) is 5.91. The molecule has 0 fully saturated rings. The molecule has 0 spiro atoms. The second-order valence-corrected chi connectivity index (χ2v) is 5.91. The summed E-state index contributed by atoms with van der Waals surface area (Å²) in [7, 11) is 0. The molecule has 1 N–H and O–H groups in total. The first-order valence-electron chi connectivity index (χ1n) is 8.75. The molecule has 0 aliphatic rings. The van der Waals surface area contributed by atoms with Crippen LogP contribution in [-0.4, -0.2) is 22.1 Å². The molecule has 0 radical (unpaired) electrons. The molecule has 6 heteroatoms. The van der Waals surface area contributed by atoms with E-state index in [0.29, 0.717) is 11.7 Å². The molecular weight excluding hydrogens is 340 g/mol. The standard InChI is InChI=1S/C21H20N4O2/c1-2-14-25-19-6-4-3-5-18(19)23-21(25)24-20(26)12-9-16-7-10-17(11-8-16)27-15-13-22/h3-12H,2,14-15H2,1H3,(H,23,24,26)/b12-9+. The van der Waals surface area contributed by atoms with Crippen LogP contribution >= 0.6 is 0 Å². The van der Waals surface area contributed by atoms with Crippen molar-refractivity contribution in [1.82, 2.24) is 9.55 Å². The third-order valence-electron chi connectivity index (χ3n) is 3.95. The van der Waals surface area contributed by atoms with Crippen LogP contribution in [-0.2, 0) is 11.3 Å². The lowest BCUT2D eigenvalue weighted by Gasteiger charge is -2.07. The monoisotopic (exact) mass is 360 g/mol. The van der Waals surface area contributed by atoms with Crippen molar-refractivity contribution in [3.05, 3.63) is 60.2 Å². The van der Waals surface area contributed by atoms with E-state index in [2.05, 4.69) is 17.2 Å². The van der Waals surface area contributed by atoms with Gasteiger partial charge >= 0.3 is 0 Å². The van der Waals surface area contributed by atoms with Crippen molar-refractivity contribution >= 4 is 29.0 Å². The van der Waals surface area contributed by atoms with Crippen LogP contribution in [0.25, 0.3) is 17.1 Å². The van der Waals surface area contributed by atoms with E-state index in [-0.39, 0.29) is 12.5 Å². The number of rotatable bonds is 7. The average molecular weight is 360 g/mol. The SMILES string of the molecule is CCCn1c(NC(=O)/C=C/c2ccc(OCC#N)cc2)nc2ccccc21. The summed E-state index contributed by atoms with van der Waals surface area (Å²) in [4.78, 5) is 16.8. The number of aryl methyl sites for hydroxylation is 1. The zero-order valence-corrected chi connectivity index (χ0v) is 15.1. The van der Waals surface area contributed by atoms with Gasteiger partial charge < -0.3 is 9.30 Å². The molecule has 3 aromatic rings. The number of imidazole rings is 1. The molecule has 0 aliphatic carbocycles. The summed E-state index contributed by atoms with van der Waals surface area (Å²) >= 11 is 0. The van der Waals surface area contributed by atoms with Crippen molar-refractivity contribution in [3.63, 3.8) is 0 Å². The highest BCUT2D eigenvalue weighted by molar-refractivity contribution is 6.01. The summed E-state index contributed by atoms with van der Waals surface area (Å²) in [6, 6.07) is 16.9. The third-order valence-corrected chi connectivity index (χ3v) is 3.95. The van der Waals surface area contributed by atoms with E-state index in [0.717, 1.165) is 29.6 Å². The number of nitriles is 1. The number of hydrogen-bond donors (Lipinski definition) is 1. The largest absolute Gasteiger partial charge is 0.479 e. The highest BCUT2D eigenvalue weighted by Crippen LogP contribution is 2.20. The van der Waals surface area contributed by atoms with Crippen LogP contribution in [0.2, 0.25) is 0 Å². The van der Waals surface area contributed by atoms with Gasteiger partial charge in [0, 0.05) is 12.6 Å². The Morgan fingerprint density at radius 3 is 2.78 bits per heavy atom. The summed E-state index contributed by atoms with van der Waals surface area (Å²) in [6.07, 6.45) is 4.14. The van der Waals surface area contributed by atoms with Crippen LogP contribution in [0.1, 0.15) is 18.9 Å².